The highest BCUT2D eigenvalue weighted by Crippen LogP contribution is 2.10. The monoisotopic (exact) mass is 204 g/mol. The summed E-state index contributed by atoms with van der Waals surface area (Å²) in [6, 6.07) is 0. The van der Waals surface area contributed by atoms with Crippen molar-refractivity contribution < 1.29 is 8.42 Å². The normalized spacial score (nSPS) is 14.0. The van der Waals surface area contributed by atoms with Crippen LogP contribution in [0.3, 0.4) is 0 Å². The Balaban J connectivity index is 3.99. The standard InChI is InChI=1S/C10H20O2S/c1-4-6-7-9-13(11,12)10(3)8-5-2/h4,10H,1,5-9H2,2-3H3. The van der Waals surface area contributed by atoms with Crippen LogP contribution in [0, 0.1) is 0 Å². The number of sulfone groups is 1. The third kappa shape index (κ3) is 5.09. The maximum absolute atomic E-state index is 11.6. The molecule has 0 bridgehead atoms. The maximum atomic E-state index is 11.6. The van der Waals surface area contributed by atoms with E-state index in [1.54, 1.807) is 13.0 Å². The van der Waals surface area contributed by atoms with Gasteiger partial charge in [0.25, 0.3) is 0 Å². The molecule has 78 valence electrons. The first-order chi connectivity index (χ1) is 6.04. The van der Waals surface area contributed by atoms with E-state index in [1.807, 2.05) is 6.92 Å². The maximum Gasteiger partial charge on any atom is 0.152 e. The van der Waals surface area contributed by atoms with E-state index in [0.29, 0.717) is 12.2 Å². The van der Waals surface area contributed by atoms with Gasteiger partial charge in [-0.25, -0.2) is 8.42 Å². The van der Waals surface area contributed by atoms with Gasteiger partial charge in [-0.3, -0.25) is 0 Å². The SMILES string of the molecule is C=CCCCS(=O)(=O)C(C)CCC. The van der Waals surface area contributed by atoms with Gasteiger partial charge in [-0.1, -0.05) is 19.4 Å². The summed E-state index contributed by atoms with van der Waals surface area (Å²) in [6.45, 7) is 7.37. The molecule has 1 unspecified atom stereocenters. The Bertz CT molecular complexity index is 229. The predicted octanol–water partition coefficient (Wildman–Crippen LogP) is 2.56. The lowest BCUT2D eigenvalue weighted by Crippen LogP contribution is -2.20. The second-order valence-electron chi connectivity index (χ2n) is 3.40. The zero-order chi connectivity index (χ0) is 10.3. The molecule has 0 N–H and O–H groups in total. The van der Waals surface area contributed by atoms with Crippen LogP contribution in [0.1, 0.15) is 39.5 Å². The van der Waals surface area contributed by atoms with Gasteiger partial charge in [-0.2, -0.15) is 0 Å². The molecule has 0 heterocycles. The van der Waals surface area contributed by atoms with Gasteiger partial charge in [0.05, 0.1) is 11.0 Å². The largest absolute Gasteiger partial charge is 0.229 e. The summed E-state index contributed by atoms with van der Waals surface area (Å²) < 4.78 is 23.1. The first-order valence-corrected chi connectivity index (χ1v) is 6.58. The van der Waals surface area contributed by atoms with Gasteiger partial charge in [0.15, 0.2) is 9.84 Å². The van der Waals surface area contributed by atoms with Crippen LogP contribution in [0.5, 0.6) is 0 Å². The molecule has 0 radical (unpaired) electrons. The third-order valence-electron chi connectivity index (χ3n) is 2.15. The zero-order valence-corrected chi connectivity index (χ0v) is 9.44. The second-order valence-corrected chi connectivity index (χ2v) is 5.94. The fourth-order valence-corrected chi connectivity index (χ4v) is 2.78. The van der Waals surface area contributed by atoms with Gasteiger partial charge < -0.3 is 0 Å². The van der Waals surface area contributed by atoms with Crippen molar-refractivity contribution in [3.05, 3.63) is 12.7 Å². The highest BCUT2D eigenvalue weighted by Gasteiger charge is 2.18. The summed E-state index contributed by atoms with van der Waals surface area (Å²) >= 11 is 0. The lowest BCUT2D eigenvalue weighted by Gasteiger charge is -2.10. The minimum atomic E-state index is -2.84. The Labute approximate surface area is 82.0 Å². The summed E-state index contributed by atoms with van der Waals surface area (Å²) in [5, 5.41) is -0.178. The number of hydrogen-bond acceptors (Lipinski definition) is 2. The van der Waals surface area contributed by atoms with E-state index in [0.717, 1.165) is 19.3 Å². The summed E-state index contributed by atoms with van der Waals surface area (Å²) in [5.41, 5.74) is 0. The molecule has 13 heavy (non-hydrogen) atoms. The first-order valence-electron chi connectivity index (χ1n) is 4.87. The van der Waals surface area contributed by atoms with Gasteiger partial charge in [0.1, 0.15) is 0 Å². The van der Waals surface area contributed by atoms with Crippen LogP contribution in [-0.2, 0) is 9.84 Å². The van der Waals surface area contributed by atoms with Gasteiger partial charge in [-0.05, 0) is 26.2 Å². The molecule has 0 rings (SSSR count). The predicted molar refractivity (Wildman–Crippen MR) is 57.6 cm³/mol. The Morgan fingerprint density at radius 1 is 1.46 bits per heavy atom. The van der Waals surface area contributed by atoms with Crippen LogP contribution in [0.15, 0.2) is 12.7 Å². The van der Waals surface area contributed by atoms with Crippen molar-refractivity contribution in [2.75, 3.05) is 5.75 Å². The number of hydrogen-bond donors (Lipinski definition) is 0. The molecular weight excluding hydrogens is 184 g/mol. The number of unbranched alkanes of at least 4 members (excludes halogenated alkanes) is 1. The number of allylic oxidation sites excluding steroid dienone is 1. The van der Waals surface area contributed by atoms with Crippen LogP contribution in [-0.4, -0.2) is 19.4 Å². The molecule has 0 aromatic rings. The van der Waals surface area contributed by atoms with E-state index < -0.39 is 9.84 Å². The number of rotatable bonds is 7. The fraction of sp³-hybridized carbons (Fsp3) is 0.800. The highest BCUT2D eigenvalue weighted by molar-refractivity contribution is 7.91. The minimum Gasteiger partial charge on any atom is -0.229 e. The Morgan fingerprint density at radius 2 is 2.08 bits per heavy atom. The molecule has 0 fully saturated rings. The molecular formula is C10H20O2S. The fourth-order valence-electron chi connectivity index (χ4n) is 1.22. The average molecular weight is 204 g/mol. The van der Waals surface area contributed by atoms with Crippen LogP contribution in [0.2, 0.25) is 0 Å². The van der Waals surface area contributed by atoms with E-state index in [1.165, 1.54) is 0 Å². The quantitative estimate of drug-likeness (QED) is 0.472. The lowest BCUT2D eigenvalue weighted by molar-refractivity contribution is 0.573. The molecule has 0 spiro atoms. The molecule has 0 aromatic carbocycles. The third-order valence-corrected chi connectivity index (χ3v) is 4.46. The second kappa shape index (κ2) is 6.19. The molecule has 2 nitrogen and oxygen atoms in total. The molecule has 0 saturated carbocycles. The van der Waals surface area contributed by atoms with Crippen molar-refractivity contribution in [3.8, 4) is 0 Å². The Morgan fingerprint density at radius 3 is 2.54 bits per heavy atom. The van der Waals surface area contributed by atoms with Gasteiger partial charge in [0.2, 0.25) is 0 Å². The smallest absolute Gasteiger partial charge is 0.152 e. The molecule has 0 aliphatic heterocycles. The van der Waals surface area contributed by atoms with Crippen molar-refractivity contribution in [2.24, 2.45) is 0 Å². The minimum absolute atomic E-state index is 0.178. The molecule has 0 aromatic heterocycles. The summed E-state index contributed by atoms with van der Waals surface area (Å²) in [5.74, 6) is 0.306. The molecule has 0 aliphatic carbocycles. The van der Waals surface area contributed by atoms with Crippen molar-refractivity contribution in [3.63, 3.8) is 0 Å². The van der Waals surface area contributed by atoms with Crippen LogP contribution in [0.25, 0.3) is 0 Å². The highest BCUT2D eigenvalue weighted by atomic mass is 32.2. The topological polar surface area (TPSA) is 34.1 Å². The van der Waals surface area contributed by atoms with Crippen molar-refractivity contribution in [1.82, 2.24) is 0 Å². The zero-order valence-electron chi connectivity index (χ0n) is 8.62. The first kappa shape index (κ1) is 12.7. The van der Waals surface area contributed by atoms with E-state index >= 15 is 0 Å². The van der Waals surface area contributed by atoms with Crippen LogP contribution >= 0.6 is 0 Å². The van der Waals surface area contributed by atoms with E-state index in [-0.39, 0.29) is 5.25 Å². The Kier molecular flexibility index (Phi) is 6.04. The average Bonchev–Trinajstić information content (AvgIpc) is 2.05. The van der Waals surface area contributed by atoms with Gasteiger partial charge in [-0.15, -0.1) is 6.58 Å². The molecule has 1 atom stereocenters. The van der Waals surface area contributed by atoms with Crippen molar-refractivity contribution in [2.45, 2.75) is 44.8 Å². The van der Waals surface area contributed by atoms with E-state index in [4.69, 9.17) is 0 Å². The molecule has 0 saturated heterocycles. The molecule has 0 amide bonds. The van der Waals surface area contributed by atoms with Crippen molar-refractivity contribution in [1.29, 1.82) is 0 Å². The molecule has 3 heteroatoms. The summed E-state index contributed by atoms with van der Waals surface area (Å²) in [7, 11) is -2.84. The summed E-state index contributed by atoms with van der Waals surface area (Å²) in [6.07, 6.45) is 4.97. The summed E-state index contributed by atoms with van der Waals surface area (Å²) in [4.78, 5) is 0. The van der Waals surface area contributed by atoms with Gasteiger partial charge in [0, 0.05) is 0 Å². The van der Waals surface area contributed by atoms with Crippen LogP contribution in [0.4, 0.5) is 0 Å². The molecule has 0 aliphatic rings. The Hall–Kier alpha value is -0.310. The van der Waals surface area contributed by atoms with Crippen molar-refractivity contribution >= 4 is 9.84 Å². The van der Waals surface area contributed by atoms with Gasteiger partial charge >= 0.3 is 0 Å². The lowest BCUT2D eigenvalue weighted by atomic mass is 10.3. The van der Waals surface area contributed by atoms with E-state index in [2.05, 4.69) is 6.58 Å². The van der Waals surface area contributed by atoms with Crippen LogP contribution < -0.4 is 0 Å². The van der Waals surface area contributed by atoms with E-state index in [9.17, 15) is 8.42 Å².